The van der Waals surface area contributed by atoms with Crippen LogP contribution in [0.25, 0.3) is 0 Å². The highest BCUT2D eigenvalue weighted by Crippen LogP contribution is 2.24. The molecule has 0 radical (unpaired) electrons. The molecule has 116 valence electrons. The molecule has 0 bridgehead atoms. The lowest BCUT2D eigenvalue weighted by Crippen LogP contribution is -2.68. The number of hydrogen-bond acceptors (Lipinski definition) is 4. The smallest absolute Gasteiger partial charge is 0.246 e. The Morgan fingerprint density at radius 3 is 2.67 bits per heavy atom. The first-order valence-corrected chi connectivity index (χ1v) is 7.40. The molecule has 1 unspecified atom stereocenters. The maximum absolute atomic E-state index is 12.7. The molecule has 1 aromatic rings. The van der Waals surface area contributed by atoms with E-state index in [1.54, 1.807) is 23.4 Å². The molecule has 1 saturated heterocycles. The maximum Gasteiger partial charge on any atom is 0.246 e. The highest BCUT2D eigenvalue weighted by atomic mass is 16.2. The van der Waals surface area contributed by atoms with Gasteiger partial charge in [-0.15, -0.1) is 0 Å². The summed E-state index contributed by atoms with van der Waals surface area (Å²) in [5, 5.41) is 6.94. The minimum atomic E-state index is -0.883. The summed E-state index contributed by atoms with van der Waals surface area (Å²) in [4.78, 5) is 30.8. The minimum absolute atomic E-state index is 0.0490. The van der Waals surface area contributed by atoms with E-state index in [9.17, 15) is 9.59 Å². The summed E-state index contributed by atoms with van der Waals surface area (Å²) in [5.74, 6) is 0.527. The molecule has 1 fully saturated rings. The number of piperazine rings is 1. The van der Waals surface area contributed by atoms with E-state index in [-0.39, 0.29) is 11.8 Å². The van der Waals surface area contributed by atoms with Gasteiger partial charge in [-0.25, -0.2) is 9.67 Å². The Morgan fingerprint density at radius 1 is 1.33 bits per heavy atom. The number of amides is 2. The van der Waals surface area contributed by atoms with Crippen molar-refractivity contribution in [3.8, 4) is 0 Å². The standard InChI is InChI=1S/C14H23N5O2/c1-5-7-10-12(20)18(14(3,4)13(21)17-10)8-11-15-9-16-19(11)6-2/h9-10H,5-8H2,1-4H3,(H,17,21). The van der Waals surface area contributed by atoms with Crippen molar-refractivity contribution < 1.29 is 9.59 Å². The fourth-order valence-electron chi connectivity index (χ4n) is 2.56. The molecule has 2 heterocycles. The van der Waals surface area contributed by atoms with Crippen molar-refractivity contribution >= 4 is 11.8 Å². The van der Waals surface area contributed by atoms with Crippen LogP contribution < -0.4 is 5.32 Å². The van der Waals surface area contributed by atoms with E-state index in [1.807, 2.05) is 13.8 Å². The predicted molar refractivity (Wildman–Crippen MR) is 77.2 cm³/mol. The average Bonchev–Trinajstić information content (AvgIpc) is 2.89. The molecule has 0 aromatic carbocycles. The van der Waals surface area contributed by atoms with E-state index in [4.69, 9.17) is 0 Å². The van der Waals surface area contributed by atoms with Gasteiger partial charge in [0.25, 0.3) is 0 Å². The Balaban J connectivity index is 2.28. The summed E-state index contributed by atoms with van der Waals surface area (Å²) in [6.45, 7) is 8.46. The molecular weight excluding hydrogens is 270 g/mol. The van der Waals surface area contributed by atoms with Gasteiger partial charge in [-0.1, -0.05) is 13.3 Å². The van der Waals surface area contributed by atoms with Gasteiger partial charge in [0, 0.05) is 6.54 Å². The highest BCUT2D eigenvalue weighted by molar-refractivity contribution is 5.99. The average molecular weight is 293 g/mol. The van der Waals surface area contributed by atoms with E-state index < -0.39 is 11.6 Å². The largest absolute Gasteiger partial charge is 0.342 e. The van der Waals surface area contributed by atoms with Crippen LogP contribution in [0.4, 0.5) is 0 Å². The van der Waals surface area contributed by atoms with Gasteiger partial charge in [-0.2, -0.15) is 5.10 Å². The first kappa shape index (κ1) is 15.5. The molecule has 2 amide bonds. The van der Waals surface area contributed by atoms with Crippen LogP contribution in [0.1, 0.15) is 46.4 Å². The monoisotopic (exact) mass is 293 g/mol. The van der Waals surface area contributed by atoms with E-state index >= 15 is 0 Å². The Hall–Kier alpha value is -1.92. The molecule has 0 aliphatic carbocycles. The van der Waals surface area contributed by atoms with Crippen molar-refractivity contribution in [2.75, 3.05) is 0 Å². The number of aryl methyl sites for hydroxylation is 1. The fourth-order valence-corrected chi connectivity index (χ4v) is 2.56. The van der Waals surface area contributed by atoms with Crippen LogP contribution in [-0.2, 0) is 22.7 Å². The highest BCUT2D eigenvalue weighted by Gasteiger charge is 2.46. The lowest BCUT2D eigenvalue weighted by atomic mass is 9.94. The van der Waals surface area contributed by atoms with Crippen molar-refractivity contribution in [3.05, 3.63) is 12.2 Å². The summed E-state index contributed by atoms with van der Waals surface area (Å²) < 4.78 is 1.74. The second kappa shape index (κ2) is 5.83. The zero-order valence-corrected chi connectivity index (χ0v) is 13.1. The van der Waals surface area contributed by atoms with Crippen LogP contribution in [0, 0.1) is 0 Å². The summed E-state index contributed by atoms with van der Waals surface area (Å²) in [5.41, 5.74) is -0.883. The number of nitrogens with zero attached hydrogens (tertiary/aromatic N) is 4. The van der Waals surface area contributed by atoms with Gasteiger partial charge in [0.05, 0.1) is 6.54 Å². The first-order valence-electron chi connectivity index (χ1n) is 7.40. The van der Waals surface area contributed by atoms with Crippen LogP contribution in [-0.4, -0.2) is 43.1 Å². The topological polar surface area (TPSA) is 80.1 Å². The van der Waals surface area contributed by atoms with Gasteiger partial charge in [0.15, 0.2) is 0 Å². The van der Waals surface area contributed by atoms with E-state index in [2.05, 4.69) is 15.4 Å². The van der Waals surface area contributed by atoms with Crippen LogP contribution in [0.15, 0.2) is 6.33 Å². The van der Waals surface area contributed by atoms with Gasteiger partial charge in [0.2, 0.25) is 11.8 Å². The molecule has 21 heavy (non-hydrogen) atoms. The number of carbonyl (C=O) groups is 2. The third-order valence-electron chi connectivity index (χ3n) is 3.97. The van der Waals surface area contributed by atoms with Crippen LogP contribution in [0.5, 0.6) is 0 Å². The molecular formula is C14H23N5O2. The third-order valence-corrected chi connectivity index (χ3v) is 3.97. The summed E-state index contributed by atoms with van der Waals surface area (Å²) >= 11 is 0. The van der Waals surface area contributed by atoms with Crippen molar-refractivity contribution in [2.45, 2.75) is 65.2 Å². The summed E-state index contributed by atoms with van der Waals surface area (Å²) in [6.07, 6.45) is 2.97. The molecule has 7 heteroatoms. The van der Waals surface area contributed by atoms with Crippen LogP contribution in [0.2, 0.25) is 0 Å². The Bertz CT molecular complexity index is 537. The molecule has 1 aromatic heterocycles. The van der Waals surface area contributed by atoms with Crippen molar-refractivity contribution in [2.24, 2.45) is 0 Å². The second-order valence-corrected chi connectivity index (χ2v) is 5.79. The zero-order valence-electron chi connectivity index (χ0n) is 13.1. The predicted octanol–water partition coefficient (Wildman–Crippen LogP) is 0.704. The first-order chi connectivity index (χ1) is 9.91. The molecule has 1 N–H and O–H groups in total. The minimum Gasteiger partial charge on any atom is -0.342 e. The number of hydrogen-bond donors (Lipinski definition) is 1. The quantitative estimate of drug-likeness (QED) is 0.867. The molecule has 1 aliphatic rings. The Kier molecular flexibility index (Phi) is 4.29. The van der Waals surface area contributed by atoms with Crippen molar-refractivity contribution in [3.63, 3.8) is 0 Å². The second-order valence-electron chi connectivity index (χ2n) is 5.79. The molecule has 1 aliphatic heterocycles. The summed E-state index contributed by atoms with van der Waals surface area (Å²) in [7, 11) is 0. The fraction of sp³-hybridized carbons (Fsp3) is 0.714. The van der Waals surface area contributed by atoms with Crippen LogP contribution >= 0.6 is 0 Å². The SMILES string of the molecule is CCCC1NC(=O)C(C)(C)N(Cc2ncnn2CC)C1=O. The molecule has 2 rings (SSSR count). The summed E-state index contributed by atoms with van der Waals surface area (Å²) in [6, 6.07) is -0.437. The molecule has 0 spiro atoms. The molecule has 0 saturated carbocycles. The van der Waals surface area contributed by atoms with Gasteiger partial charge >= 0.3 is 0 Å². The van der Waals surface area contributed by atoms with E-state index in [1.165, 1.54) is 6.33 Å². The van der Waals surface area contributed by atoms with Crippen LogP contribution in [0.3, 0.4) is 0 Å². The van der Waals surface area contributed by atoms with Gasteiger partial charge in [-0.05, 0) is 27.2 Å². The van der Waals surface area contributed by atoms with Gasteiger partial charge in [-0.3, -0.25) is 9.59 Å². The van der Waals surface area contributed by atoms with Crippen molar-refractivity contribution in [1.29, 1.82) is 0 Å². The van der Waals surface area contributed by atoms with E-state index in [0.717, 1.165) is 6.42 Å². The van der Waals surface area contributed by atoms with E-state index in [0.29, 0.717) is 25.3 Å². The lowest BCUT2D eigenvalue weighted by Gasteiger charge is -2.44. The Morgan fingerprint density at radius 2 is 2.05 bits per heavy atom. The number of rotatable bonds is 5. The normalized spacial score (nSPS) is 21.5. The molecule has 7 nitrogen and oxygen atoms in total. The third kappa shape index (κ3) is 2.77. The molecule has 1 atom stereocenters. The lowest BCUT2D eigenvalue weighted by molar-refractivity contribution is -0.156. The number of aromatic nitrogens is 3. The maximum atomic E-state index is 12.7. The zero-order chi connectivity index (χ0) is 15.6. The Labute approximate surface area is 124 Å². The van der Waals surface area contributed by atoms with Crippen molar-refractivity contribution in [1.82, 2.24) is 25.0 Å². The number of carbonyl (C=O) groups excluding carboxylic acids is 2. The van der Waals surface area contributed by atoms with Gasteiger partial charge < -0.3 is 10.2 Å². The van der Waals surface area contributed by atoms with Gasteiger partial charge in [0.1, 0.15) is 23.7 Å². The number of nitrogens with one attached hydrogen (secondary N) is 1.